The molecule has 0 radical (unpaired) electrons. The van der Waals surface area contributed by atoms with Crippen molar-refractivity contribution in [2.24, 2.45) is 0 Å². The summed E-state index contributed by atoms with van der Waals surface area (Å²) in [5.74, 6) is -0.978. The number of nitro benzene ring substituents is 1. The summed E-state index contributed by atoms with van der Waals surface area (Å²) in [5, 5.41) is 13.7. The maximum absolute atomic E-state index is 12.5. The minimum Gasteiger partial charge on any atom is -0.332 e. The van der Waals surface area contributed by atoms with Gasteiger partial charge in [-0.25, -0.2) is 0 Å². The van der Waals surface area contributed by atoms with E-state index < -0.39 is 16.7 Å². The Hall–Kier alpha value is -2.45. The highest BCUT2D eigenvalue weighted by atomic mass is 79.9. The van der Waals surface area contributed by atoms with Crippen molar-refractivity contribution in [3.05, 3.63) is 67.1 Å². The molecule has 0 aliphatic heterocycles. The van der Waals surface area contributed by atoms with Crippen LogP contribution in [0.4, 0.5) is 11.4 Å². The van der Waals surface area contributed by atoms with Gasteiger partial charge in [0.1, 0.15) is 0 Å². The fourth-order valence-electron chi connectivity index (χ4n) is 2.24. The molecule has 0 spiro atoms. The predicted octanol–water partition coefficient (Wildman–Crippen LogP) is 4.03. The quantitative estimate of drug-likeness (QED) is 0.561. The van der Waals surface area contributed by atoms with E-state index in [1.54, 1.807) is 12.1 Å². The van der Waals surface area contributed by atoms with E-state index in [-0.39, 0.29) is 22.8 Å². The van der Waals surface area contributed by atoms with Crippen LogP contribution in [0.1, 0.15) is 15.9 Å². The fourth-order valence-corrected chi connectivity index (χ4v) is 2.91. The van der Waals surface area contributed by atoms with Gasteiger partial charge in [0.2, 0.25) is 5.91 Å². The molecule has 2 rings (SSSR count). The summed E-state index contributed by atoms with van der Waals surface area (Å²) in [6, 6.07) is 8.98. The third-order valence-electron chi connectivity index (χ3n) is 3.58. The smallest absolute Gasteiger partial charge is 0.270 e. The molecule has 26 heavy (non-hydrogen) atoms. The van der Waals surface area contributed by atoms with E-state index in [9.17, 15) is 19.7 Å². The average Bonchev–Trinajstić information content (AvgIpc) is 2.57. The van der Waals surface area contributed by atoms with Crippen molar-refractivity contribution >= 4 is 50.7 Å². The number of likely N-dealkylation sites (N-methyl/N-ethyl adjacent to an activating group) is 1. The number of aryl methyl sites for hydroxylation is 1. The van der Waals surface area contributed by atoms with Crippen LogP contribution in [0.25, 0.3) is 0 Å². The van der Waals surface area contributed by atoms with Gasteiger partial charge in [-0.15, -0.1) is 0 Å². The number of hydrogen-bond acceptors (Lipinski definition) is 4. The number of carbonyl (C=O) groups excluding carboxylic acids is 2. The summed E-state index contributed by atoms with van der Waals surface area (Å²) in [6.45, 7) is 1.62. The molecule has 0 saturated carbocycles. The number of hydrogen-bond donors (Lipinski definition) is 1. The molecule has 2 aromatic rings. The lowest BCUT2D eigenvalue weighted by atomic mass is 10.1. The maximum atomic E-state index is 12.5. The van der Waals surface area contributed by atoms with Crippen molar-refractivity contribution in [1.29, 1.82) is 0 Å². The second-order valence-electron chi connectivity index (χ2n) is 5.59. The normalized spacial score (nSPS) is 10.3. The van der Waals surface area contributed by atoms with Crippen LogP contribution in [-0.4, -0.2) is 35.2 Å². The molecule has 0 unspecified atom stereocenters. The van der Waals surface area contributed by atoms with E-state index in [0.29, 0.717) is 5.69 Å². The summed E-state index contributed by atoms with van der Waals surface area (Å²) in [7, 11) is 1.42. The second kappa shape index (κ2) is 8.29. The van der Waals surface area contributed by atoms with E-state index in [0.717, 1.165) is 21.0 Å². The number of non-ortho nitro benzene ring substituents is 1. The molecule has 1 N–H and O–H groups in total. The molecule has 0 atom stereocenters. The highest BCUT2D eigenvalue weighted by Gasteiger charge is 2.21. The molecule has 2 amide bonds. The van der Waals surface area contributed by atoms with Crippen molar-refractivity contribution < 1.29 is 14.5 Å². The lowest BCUT2D eigenvalue weighted by molar-refractivity contribution is -0.384. The lowest BCUT2D eigenvalue weighted by Crippen LogP contribution is -2.35. The van der Waals surface area contributed by atoms with Crippen molar-refractivity contribution in [2.75, 3.05) is 18.9 Å². The number of nitrogens with zero attached hydrogens (tertiary/aromatic N) is 2. The van der Waals surface area contributed by atoms with Gasteiger partial charge >= 0.3 is 0 Å². The van der Waals surface area contributed by atoms with Gasteiger partial charge < -0.3 is 10.2 Å². The van der Waals surface area contributed by atoms with E-state index in [1.165, 1.54) is 19.2 Å². The second-order valence-corrected chi connectivity index (χ2v) is 6.91. The van der Waals surface area contributed by atoms with Crippen LogP contribution >= 0.6 is 27.5 Å². The third kappa shape index (κ3) is 4.80. The zero-order chi connectivity index (χ0) is 19.4. The summed E-state index contributed by atoms with van der Waals surface area (Å²) in [5.41, 5.74) is 1.22. The Morgan fingerprint density at radius 1 is 1.27 bits per heavy atom. The first-order valence-electron chi connectivity index (χ1n) is 7.44. The van der Waals surface area contributed by atoms with E-state index in [1.807, 2.05) is 13.0 Å². The number of rotatable bonds is 5. The molecule has 0 saturated heterocycles. The standard InChI is InChI=1S/C17H15BrClN3O4/c1-10-7-11(18)3-6-15(10)20-16(23)9-21(2)17(24)13-8-12(22(25)26)4-5-14(13)19/h3-8H,9H2,1-2H3,(H,20,23). The van der Waals surface area contributed by atoms with Crippen LogP contribution < -0.4 is 5.32 Å². The molecule has 0 fully saturated rings. The highest BCUT2D eigenvalue weighted by molar-refractivity contribution is 9.10. The fraction of sp³-hybridized carbons (Fsp3) is 0.176. The van der Waals surface area contributed by atoms with Crippen molar-refractivity contribution in [3.63, 3.8) is 0 Å². The first-order valence-corrected chi connectivity index (χ1v) is 8.61. The Kier molecular flexibility index (Phi) is 6.33. The molecule has 0 aliphatic carbocycles. The Balaban J connectivity index is 2.10. The molecule has 2 aromatic carbocycles. The summed E-state index contributed by atoms with van der Waals surface area (Å²) >= 11 is 9.31. The Morgan fingerprint density at radius 2 is 1.96 bits per heavy atom. The molecular weight excluding hydrogens is 426 g/mol. The Labute approximate surface area is 163 Å². The zero-order valence-corrected chi connectivity index (χ0v) is 16.3. The van der Waals surface area contributed by atoms with E-state index in [2.05, 4.69) is 21.2 Å². The maximum Gasteiger partial charge on any atom is 0.270 e. The Morgan fingerprint density at radius 3 is 2.58 bits per heavy atom. The Bertz CT molecular complexity index is 888. The largest absolute Gasteiger partial charge is 0.332 e. The van der Waals surface area contributed by atoms with Gasteiger partial charge in [-0.1, -0.05) is 27.5 Å². The summed E-state index contributed by atoms with van der Waals surface area (Å²) < 4.78 is 0.889. The summed E-state index contributed by atoms with van der Waals surface area (Å²) in [6.07, 6.45) is 0. The molecule has 9 heteroatoms. The van der Waals surface area contributed by atoms with Gasteiger partial charge in [0.25, 0.3) is 11.6 Å². The van der Waals surface area contributed by atoms with Crippen molar-refractivity contribution in [3.8, 4) is 0 Å². The molecular formula is C17H15BrClN3O4. The number of halogens is 2. The van der Waals surface area contributed by atoms with Crippen LogP contribution in [0.5, 0.6) is 0 Å². The lowest BCUT2D eigenvalue weighted by Gasteiger charge is -2.18. The third-order valence-corrected chi connectivity index (χ3v) is 4.40. The molecule has 0 heterocycles. The van der Waals surface area contributed by atoms with Gasteiger partial charge in [-0.3, -0.25) is 19.7 Å². The first kappa shape index (κ1) is 19.9. The molecule has 7 nitrogen and oxygen atoms in total. The van der Waals surface area contributed by atoms with Gasteiger partial charge in [0, 0.05) is 29.3 Å². The number of amides is 2. The number of nitrogens with one attached hydrogen (secondary N) is 1. The van der Waals surface area contributed by atoms with Gasteiger partial charge in [0.05, 0.1) is 22.1 Å². The first-order chi connectivity index (χ1) is 12.2. The van der Waals surface area contributed by atoms with Crippen LogP contribution in [0.2, 0.25) is 5.02 Å². The predicted molar refractivity (Wildman–Crippen MR) is 103 cm³/mol. The molecule has 0 aromatic heterocycles. The number of carbonyl (C=O) groups is 2. The van der Waals surface area contributed by atoms with Gasteiger partial charge in [-0.2, -0.15) is 0 Å². The molecule has 0 bridgehead atoms. The van der Waals surface area contributed by atoms with Crippen LogP contribution in [-0.2, 0) is 4.79 Å². The molecule has 0 aliphatic rings. The van der Waals surface area contributed by atoms with Crippen LogP contribution in [0.3, 0.4) is 0 Å². The van der Waals surface area contributed by atoms with Crippen molar-refractivity contribution in [1.82, 2.24) is 4.90 Å². The monoisotopic (exact) mass is 439 g/mol. The zero-order valence-electron chi connectivity index (χ0n) is 14.0. The van der Waals surface area contributed by atoms with Gasteiger partial charge in [0.15, 0.2) is 0 Å². The molecule has 136 valence electrons. The SMILES string of the molecule is Cc1cc(Br)ccc1NC(=O)CN(C)C(=O)c1cc([N+](=O)[O-])ccc1Cl. The minimum absolute atomic E-state index is 0.0315. The average molecular weight is 441 g/mol. The van der Waals surface area contributed by atoms with E-state index >= 15 is 0 Å². The van der Waals surface area contributed by atoms with Crippen LogP contribution in [0, 0.1) is 17.0 Å². The van der Waals surface area contributed by atoms with Gasteiger partial charge in [-0.05, 0) is 36.8 Å². The van der Waals surface area contributed by atoms with Crippen LogP contribution in [0.15, 0.2) is 40.9 Å². The number of benzene rings is 2. The van der Waals surface area contributed by atoms with E-state index in [4.69, 9.17) is 11.6 Å². The number of nitro groups is 1. The highest BCUT2D eigenvalue weighted by Crippen LogP contribution is 2.23. The number of anilines is 1. The van der Waals surface area contributed by atoms with Crippen molar-refractivity contribution in [2.45, 2.75) is 6.92 Å². The summed E-state index contributed by atoms with van der Waals surface area (Å²) in [4.78, 5) is 36.1. The topological polar surface area (TPSA) is 92.6 Å². The minimum atomic E-state index is -0.615.